The number of nitro groups is 1. The van der Waals surface area contributed by atoms with Crippen molar-refractivity contribution in [2.45, 2.75) is 19.3 Å². The Morgan fingerprint density at radius 3 is 2.58 bits per heavy atom. The van der Waals surface area contributed by atoms with E-state index in [1.54, 1.807) is 0 Å². The molecule has 2 aromatic rings. The summed E-state index contributed by atoms with van der Waals surface area (Å²) in [5.41, 5.74) is -1.14. The maximum Gasteiger partial charge on any atom is 0.315 e. The number of benzene rings is 1. The van der Waals surface area contributed by atoms with Crippen LogP contribution in [0.1, 0.15) is 19.5 Å². The van der Waals surface area contributed by atoms with Crippen molar-refractivity contribution in [2.75, 3.05) is 0 Å². The highest BCUT2D eigenvalue weighted by atomic mass is 19.1. The summed E-state index contributed by atoms with van der Waals surface area (Å²) in [5, 5.41) is 20.2. The van der Waals surface area contributed by atoms with Crippen molar-refractivity contribution in [1.82, 2.24) is 4.98 Å². The van der Waals surface area contributed by atoms with E-state index in [2.05, 4.69) is 4.98 Å². The zero-order chi connectivity index (χ0) is 14.4. The van der Waals surface area contributed by atoms with Crippen molar-refractivity contribution in [1.29, 1.82) is 0 Å². The van der Waals surface area contributed by atoms with E-state index in [4.69, 9.17) is 5.11 Å². The molecule has 2 rings (SSSR count). The van der Waals surface area contributed by atoms with E-state index in [0.29, 0.717) is 16.6 Å². The molecule has 1 heterocycles. The molecule has 1 aromatic carbocycles. The van der Waals surface area contributed by atoms with Gasteiger partial charge in [-0.1, -0.05) is 0 Å². The first kappa shape index (κ1) is 13.0. The fourth-order valence-electron chi connectivity index (χ4n) is 1.73. The second-order valence-corrected chi connectivity index (χ2v) is 4.76. The molecule has 0 aliphatic heterocycles. The van der Waals surface area contributed by atoms with Gasteiger partial charge in [0.05, 0.1) is 4.92 Å². The lowest BCUT2D eigenvalue weighted by molar-refractivity contribution is -0.387. The number of nitro benzene ring substituents is 1. The Labute approximate surface area is 107 Å². The number of aromatic nitrogens is 1. The van der Waals surface area contributed by atoms with Gasteiger partial charge in [0, 0.05) is 28.7 Å². The minimum absolute atomic E-state index is 0.326. The van der Waals surface area contributed by atoms with Crippen molar-refractivity contribution in [3.63, 3.8) is 0 Å². The van der Waals surface area contributed by atoms with Crippen molar-refractivity contribution >= 4 is 22.6 Å². The molecule has 2 N–H and O–H groups in total. The summed E-state index contributed by atoms with van der Waals surface area (Å²) < 4.78 is 13.5. The van der Waals surface area contributed by atoms with E-state index < -0.39 is 27.8 Å². The summed E-state index contributed by atoms with van der Waals surface area (Å²) in [5.74, 6) is -2.01. The Balaban J connectivity index is 2.65. The maximum absolute atomic E-state index is 13.5. The highest BCUT2D eigenvalue weighted by Crippen LogP contribution is 2.30. The smallest absolute Gasteiger partial charge is 0.315 e. The average molecular weight is 266 g/mol. The van der Waals surface area contributed by atoms with Gasteiger partial charge in [-0.25, -0.2) is 0 Å². The van der Waals surface area contributed by atoms with Gasteiger partial charge >= 0.3 is 11.7 Å². The molecule has 0 aliphatic rings. The predicted octanol–water partition coefficient (Wildman–Crippen LogP) is 2.58. The molecule has 0 bridgehead atoms. The number of H-pyrrole nitrogens is 1. The average Bonchev–Trinajstić information content (AvgIpc) is 2.70. The van der Waals surface area contributed by atoms with Crippen LogP contribution in [-0.4, -0.2) is 21.0 Å². The van der Waals surface area contributed by atoms with Gasteiger partial charge in [-0.15, -0.1) is 0 Å². The van der Waals surface area contributed by atoms with Crippen LogP contribution in [0, 0.1) is 15.9 Å². The number of nitrogens with zero attached hydrogens (tertiary/aromatic N) is 1. The monoisotopic (exact) mass is 266 g/mol. The first-order valence-electron chi connectivity index (χ1n) is 5.44. The lowest BCUT2D eigenvalue weighted by Gasteiger charge is -2.16. The molecule has 0 saturated heterocycles. The van der Waals surface area contributed by atoms with Gasteiger partial charge in [-0.2, -0.15) is 4.39 Å². The molecular formula is C12H11FN2O4. The summed E-state index contributed by atoms with van der Waals surface area (Å²) >= 11 is 0. The van der Waals surface area contributed by atoms with E-state index in [9.17, 15) is 19.3 Å². The molecule has 0 spiro atoms. The van der Waals surface area contributed by atoms with Crippen LogP contribution in [0.15, 0.2) is 18.2 Å². The van der Waals surface area contributed by atoms with Crippen molar-refractivity contribution < 1.29 is 19.2 Å². The number of aromatic amines is 1. The molecule has 7 heteroatoms. The van der Waals surface area contributed by atoms with Crippen LogP contribution in [0.5, 0.6) is 0 Å². The van der Waals surface area contributed by atoms with Crippen molar-refractivity contribution in [2.24, 2.45) is 0 Å². The van der Waals surface area contributed by atoms with E-state index in [1.807, 2.05) is 0 Å². The topological polar surface area (TPSA) is 96.2 Å². The summed E-state index contributed by atoms with van der Waals surface area (Å²) in [7, 11) is 0. The fourth-order valence-corrected chi connectivity index (χ4v) is 1.73. The van der Waals surface area contributed by atoms with Crippen molar-refractivity contribution in [3.05, 3.63) is 39.8 Å². The molecule has 0 saturated carbocycles. The third-order valence-corrected chi connectivity index (χ3v) is 3.09. The highest BCUT2D eigenvalue weighted by molar-refractivity contribution is 5.87. The van der Waals surface area contributed by atoms with Crippen LogP contribution in [-0.2, 0) is 10.2 Å². The van der Waals surface area contributed by atoms with Gasteiger partial charge in [0.25, 0.3) is 0 Å². The van der Waals surface area contributed by atoms with E-state index in [0.717, 1.165) is 12.1 Å². The third-order valence-electron chi connectivity index (χ3n) is 3.09. The summed E-state index contributed by atoms with van der Waals surface area (Å²) in [6.07, 6.45) is 0. The molecule has 0 aliphatic carbocycles. The van der Waals surface area contributed by atoms with Crippen LogP contribution in [0.3, 0.4) is 0 Å². The number of fused-ring (bicyclic) bond motifs is 1. The van der Waals surface area contributed by atoms with E-state index >= 15 is 0 Å². The second kappa shape index (κ2) is 4.04. The Kier molecular flexibility index (Phi) is 2.77. The number of carboxylic acid groups (broad SMARTS) is 1. The van der Waals surface area contributed by atoms with Crippen LogP contribution in [0.25, 0.3) is 10.9 Å². The summed E-state index contributed by atoms with van der Waals surface area (Å²) in [6, 6.07) is 3.56. The van der Waals surface area contributed by atoms with Crippen LogP contribution < -0.4 is 0 Å². The molecule has 0 radical (unpaired) electrons. The maximum atomic E-state index is 13.5. The lowest BCUT2D eigenvalue weighted by atomic mass is 9.90. The van der Waals surface area contributed by atoms with Gasteiger partial charge < -0.3 is 10.1 Å². The van der Waals surface area contributed by atoms with E-state index in [1.165, 1.54) is 19.9 Å². The molecule has 0 fully saturated rings. The van der Waals surface area contributed by atoms with Crippen LogP contribution >= 0.6 is 0 Å². The minimum atomic E-state index is -1.19. The Hall–Kier alpha value is -2.44. The van der Waals surface area contributed by atoms with Gasteiger partial charge in [0.2, 0.25) is 5.82 Å². The third kappa shape index (κ3) is 2.03. The number of hydrogen-bond donors (Lipinski definition) is 2. The quantitative estimate of drug-likeness (QED) is 0.659. The van der Waals surface area contributed by atoms with Gasteiger partial charge in [-0.3, -0.25) is 14.9 Å². The number of halogens is 1. The summed E-state index contributed by atoms with van der Waals surface area (Å²) in [6.45, 7) is 2.98. The first-order chi connectivity index (χ1) is 8.73. The number of aliphatic carboxylic acids is 1. The zero-order valence-corrected chi connectivity index (χ0v) is 10.2. The number of nitrogens with one attached hydrogen (secondary N) is 1. The molecule has 19 heavy (non-hydrogen) atoms. The summed E-state index contributed by atoms with van der Waals surface area (Å²) in [4.78, 5) is 23.7. The molecule has 1 aromatic heterocycles. The minimum Gasteiger partial charge on any atom is -0.481 e. The largest absolute Gasteiger partial charge is 0.481 e. The molecule has 0 unspecified atom stereocenters. The molecule has 0 atom stereocenters. The Morgan fingerprint density at radius 1 is 1.42 bits per heavy atom. The molecule has 0 amide bonds. The van der Waals surface area contributed by atoms with E-state index in [-0.39, 0.29) is 0 Å². The SMILES string of the molecule is CC(C)(C(=O)O)c1cc2cc([N+](=O)[O-])c(F)cc2[nH]1. The van der Waals surface area contributed by atoms with Crippen LogP contribution in [0.2, 0.25) is 0 Å². The van der Waals surface area contributed by atoms with Crippen molar-refractivity contribution in [3.8, 4) is 0 Å². The molecule has 100 valence electrons. The number of carbonyl (C=O) groups is 1. The standard InChI is InChI=1S/C12H11FN2O4/c1-12(2,11(16)17)10-4-6-3-9(15(18)19)7(13)5-8(6)14-10/h3-5,14H,1-2H3,(H,16,17). The first-order valence-corrected chi connectivity index (χ1v) is 5.44. The lowest BCUT2D eigenvalue weighted by Crippen LogP contribution is -2.28. The molecule has 6 nitrogen and oxygen atoms in total. The number of hydrogen-bond acceptors (Lipinski definition) is 3. The second-order valence-electron chi connectivity index (χ2n) is 4.76. The molecular weight excluding hydrogens is 255 g/mol. The highest BCUT2D eigenvalue weighted by Gasteiger charge is 2.31. The van der Waals surface area contributed by atoms with Gasteiger partial charge in [0.15, 0.2) is 0 Å². The number of rotatable bonds is 3. The Morgan fingerprint density at radius 2 is 2.05 bits per heavy atom. The predicted molar refractivity (Wildman–Crippen MR) is 65.6 cm³/mol. The number of carboxylic acids is 1. The van der Waals surface area contributed by atoms with Gasteiger partial charge in [0.1, 0.15) is 5.41 Å². The fraction of sp³-hybridized carbons (Fsp3) is 0.250. The Bertz CT molecular complexity index is 690. The zero-order valence-electron chi connectivity index (χ0n) is 10.2. The van der Waals surface area contributed by atoms with Crippen LogP contribution in [0.4, 0.5) is 10.1 Å². The van der Waals surface area contributed by atoms with Gasteiger partial charge in [-0.05, 0) is 19.9 Å². The normalized spacial score (nSPS) is 11.7.